The minimum absolute atomic E-state index is 0.0604. The quantitative estimate of drug-likeness (QED) is 0.931. The van der Waals surface area contributed by atoms with Crippen LogP contribution in [-0.4, -0.2) is 18.6 Å². The van der Waals surface area contributed by atoms with E-state index in [9.17, 15) is 8.42 Å². The van der Waals surface area contributed by atoms with Gasteiger partial charge < -0.3 is 4.52 Å². The van der Waals surface area contributed by atoms with Crippen LogP contribution in [0.3, 0.4) is 0 Å². The normalized spacial score (nSPS) is 11.7. The molecule has 1 aromatic carbocycles. The first-order valence-electron chi connectivity index (χ1n) is 5.43. The van der Waals surface area contributed by atoms with Gasteiger partial charge >= 0.3 is 0 Å². The molecule has 0 aliphatic carbocycles. The van der Waals surface area contributed by atoms with E-state index in [0.29, 0.717) is 16.4 Å². The topological polar surface area (TPSA) is 85.1 Å². The zero-order chi connectivity index (χ0) is 14.0. The summed E-state index contributed by atoms with van der Waals surface area (Å²) in [5.41, 5.74) is 0.610. The van der Waals surface area contributed by atoms with Crippen molar-refractivity contribution in [1.82, 2.24) is 14.9 Å². The first-order valence-corrected chi connectivity index (χ1v) is 7.29. The third kappa shape index (κ3) is 3.31. The lowest BCUT2D eigenvalue weighted by Crippen LogP contribution is -2.24. The van der Waals surface area contributed by atoms with Crippen LogP contribution in [0.4, 0.5) is 0 Å². The van der Waals surface area contributed by atoms with Crippen LogP contribution < -0.4 is 4.72 Å². The molecule has 0 amide bonds. The number of hydrogen-bond donors (Lipinski definition) is 1. The standard InChI is InChI=1S/C11H12ClN3O3S/c1-7-3-4-9(12)5-10(7)19(16,17)13-6-11-14-8(2)15-18-11/h3-5,13H,6H2,1-2H3. The second-order valence-corrected chi connectivity index (χ2v) is 6.14. The summed E-state index contributed by atoms with van der Waals surface area (Å²) in [6, 6.07) is 4.68. The van der Waals surface area contributed by atoms with Crippen LogP contribution in [0.2, 0.25) is 5.02 Å². The molecular weight excluding hydrogens is 290 g/mol. The first kappa shape index (κ1) is 14.0. The molecule has 0 aliphatic rings. The molecule has 8 heteroatoms. The second kappa shape index (κ2) is 5.28. The van der Waals surface area contributed by atoms with Crippen molar-refractivity contribution in [3.8, 4) is 0 Å². The smallest absolute Gasteiger partial charge is 0.241 e. The maximum Gasteiger partial charge on any atom is 0.241 e. The summed E-state index contributed by atoms with van der Waals surface area (Å²) in [5, 5.41) is 3.94. The summed E-state index contributed by atoms with van der Waals surface area (Å²) in [7, 11) is -3.66. The Morgan fingerprint density at radius 2 is 2.11 bits per heavy atom. The summed E-state index contributed by atoms with van der Waals surface area (Å²) in [5.74, 6) is 0.661. The van der Waals surface area contributed by atoms with E-state index in [1.165, 1.54) is 6.07 Å². The second-order valence-electron chi connectivity index (χ2n) is 3.97. The molecule has 2 rings (SSSR count). The van der Waals surface area contributed by atoms with E-state index >= 15 is 0 Å². The molecule has 0 saturated carbocycles. The van der Waals surface area contributed by atoms with Gasteiger partial charge in [-0.1, -0.05) is 22.8 Å². The monoisotopic (exact) mass is 301 g/mol. The Balaban J connectivity index is 2.20. The molecule has 0 unspecified atom stereocenters. The molecule has 6 nitrogen and oxygen atoms in total. The summed E-state index contributed by atoms with van der Waals surface area (Å²) in [6.07, 6.45) is 0. The Bertz CT molecular complexity index is 697. The molecule has 0 atom stereocenters. The van der Waals surface area contributed by atoms with E-state index in [4.69, 9.17) is 16.1 Å². The van der Waals surface area contributed by atoms with E-state index in [0.717, 1.165) is 0 Å². The lowest BCUT2D eigenvalue weighted by molar-refractivity contribution is 0.372. The van der Waals surface area contributed by atoms with Gasteiger partial charge in [0.25, 0.3) is 0 Å². The fraction of sp³-hybridized carbons (Fsp3) is 0.273. The molecule has 1 aromatic heterocycles. The molecule has 1 heterocycles. The van der Waals surface area contributed by atoms with Crippen molar-refractivity contribution in [3.63, 3.8) is 0 Å². The molecule has 19 heavy (non-hydrogen) atoms. The average Bonchev–Trinajstić information content (AvgIpc) is 2.76. The van der Waals surface area contributed by atoms with Gasteiger partial charge in [0.05, 0.1) is 11.4 Å². The van der Waals surface area contributed by atoms with Crippen molar-refractivity contribution in [3.05, 3.63) is 40.5 Å². The van der Waals surface area contributed by atoms with Crippen LogP contribution in [-0.2, 0) is 16.6 Å². The van der Waals surface area contributed by atoms with E-state index in [1.54, 1.807) is 26.0 Å². The lowest BCUT2D eigenvalue weighted by atomic mass is 10.2. The Kier molecular flexibility index (Phi) is 3.88. The highest BCUT2D eigenvalue weighted by atomic mass is 35.5. The Labute approximate surface area is 115 Å². The predicted octanol–water partition coefficient (Wildman–Crippen LogP) is 1.82. The van der Waals surface area contributed by atoms with Crippen molar-refractivity contribution in [2.24, 2.45) is 0 Å². The largest absolute Gasteiger partial charge is 0.338 e. The SMILES string of the molecule is Cc1noc(CNS(=O)(=O)c2cc(Cl)ccc2C)n1. The van der Waals surface area contributed by atoms with Gasteiger partial charge in [-0.15, -0.1) is 0 Å². The van der Waals surface area contributed by atoms with E-state index in [2.05, 4.69) is 14.9 Å². The zero-order valence-electron chi connectivity index (χ0n) is 10.3. The summed E-state index contributed by atoms with van der Waals surface area (Å²) < 4.78 is 31.5. The Hall–Kier alpha value is -1.44. The number of benzene rings is 1. The lowest BCUT2D eigenvalue weighted by Gasteiger charge is -2.08. The zero-order valence-corrected chi connectivity index (χ0v) is 11.9. The number of sulfonamides is 1. The van der Waals surface area contributed by atoms with Crippen LogP contribution in [0.5, 0.6) is 0 Å². The van der Waals surface area contributed by atoms with Crippen LogP contribution in [0.25, 0.3) is 0 Å². The van der Waals surface area contributed by atoms with Crippen LogP contribution >= 0.6 is 11.6 Å². The predicted molar refractivity (Wildman–Crippen MR) is 69.2 cm³/mol. The number of nitrogens with zero attached hydrogens (tertiary/aromatic N) is 2. The molecule has 0 fully saturated rings. The summed E-state index contributed by atoms with van der Waals surface area (Å²) in [4.78, 5) is 4.05. The third-order valence-electron chi connectivity index (χ3n) is 2.42. The minimum atomic E-state index is -3.66. The number of nitrogens with one attached hydrogen (secondary N) is 1. The van der Waals surface area contributed by atoms with Gasteiger partial charge in [-0.2, -0.15) is 4.98 Å². The molecular formula is C11H12ClN3O3S. The van der Waals surface area contributed by atoms with Crippen molar-refractivity contribution in [1.29, 1.82) is 0 Å². The van der Waals surface area contributed by atoms with Crippen LogP contribution in [0.15, 0.2) is 27.6 Å². The van der Waals surface area contributed by atoms with Crippen molar-refractivity contribution >= 4 is 21.6 Å². The van der Waals surface area contributed by atoms with Gasteiger partial charge in [0.15, 0.2) is 5.82 Å². The molecule has 0 spiro atoms. The molecule has 0 saturated heterocycles. The highest BCUT2D eigenvalue weighted by Gasteiger charge is 2.18. The highest BCUT2D eigenvalue weighted by molar-refractivity contribution is 7.89. The van der Waals surface area contributed by atoms with Gasteiger partial charge in [0.2, 0.25) is 15.9 Å². The van der Waals surface area contributed by atoms with E-state index in [-0.39, 0.29) is 17.3 Å². The number of hydrogen-bond acceptors (Lipinski definition) is 5. The number of aromatic nitrogens is 2. The summed E-state index contributed by atoms with van der Waals surface area (Å²) in [6.45, 7) is 3.29. The van der Waals surface area contributed by atoms with Gasteiger partial charge in [-0.3, -0.25) is 0 Å². The summed E-state index contributed by atoms with van der Waals surface area (Å²) >= 11 is 5.81. The third-order valence-corrected chi connectivity index (χ3v) is 4.20. The van der Waals surface area contributed by atoms with Crippen molar-refractivity contribution in [2.45, 2.75) is 25.3 Å². The van der Waals surface area contributed by atoms with Crippen LogP contribution in [0, 0.1) is 13.8 Å². The first-order chi connectivity index (χ1) is 8.88. The highest BCUT2D eigenvalue weighted by Crippen LogP contribution is 2.20. The van der Waals surface area contributed by atoms with Gasteiger partial charge in [-0.25, -0.2) is 13.1 Å². The molecule has 2 aromatic rings. The molecule has 0 radical (unpaired) electrons. The molecule has 0 aliphatic heterocycles. The molecule has 102 valence electrons. The minimum Gasteiger partial charge on any atom is -0.338 e. The molecule has 1 N–H and O–H groups in total. The Morgan fingerprint density at radius 3 is 2.74 bits per heavy atom. The van der Waals surface area contributed by atoms with Gasteiger partial charge in [-0.05, 0) is 31.5 Å². The maximum atomic E-state index is 12.1. The van der Waals surface area contributed by atoms with Crippen molar-refractivity contribution in [2.75, 3.05) is 0 Å². The molecule has 0 bridgehead atoms. The fourth-order valence-corrected chi connectivity index (χ4v) is 2.99. The number of rotatable bonds is 4. The average molecular weight is 302 g/mol. The Morgan fingerprint density at radius 1 is 1.37 bits per heavy atom. The van der Waals surface area contributed by atoms with Gasteiger partial charge in [0, 0.05) is 5.02 Å². The number of aryl methyl sites for hydroxylation is 2. The fourth-order valence-electron chi connectivity index (χ4n) is 1.51. The van der Waals surface area contributed by atoms with E-state index < -0.39 is 10.0 Å². The van der Waals surface area contributed by atoms with Crippen molar-refractivity contribution < 1.29 is 12.9 Å². The number of halogens is 1. The van der Waals surface area contributed by atoms with Crippen LogP contribution in [0.1, 0.15) is 17.3 Å². The maximum absolute atomic E-state index is 12.1. The van der Waals surface area contributed by atoms with E-state index in [1.807, 2.05) is 0 Å². The van der Waals surface area contributed by atoms with Gasteiger partial charge in [0.1, 0.15) is 0 Å².